The third kappa shape index (κ3) is 38.6. The Morgan fingerprint density at radius 1 is 0.649 bits per heavy atom. The van der Waals surface area contributed by atoms with Gasteiger partial charge in [0.2, 0.25) is 0 Å². The molecule has 0 aromatic rings. The molecule has 0 aliphatic heterocycles. The zero-order valence-electron chi connectivity index (χ0n) is 34.9. The summed E-state index contributed by atoms with van der Waals surface area (Å²) >= 11 is 0. The highest BCUT2D eigenvalue weighted by Gasteiger charge is 2.27. The Bertz CT molecular complexity index is 1230. The first-order valence-electron chi connectivity index (χ1n) is 21.0. The lowest BCUT2D eigenvalue weighted by Crippen LogP contribution is -2.29. The van der Waals surface area contributed by atoms with Gasteiger partial charge in [-0.25, -0.2) is 4.57 Å². The van der Waals surface area contributed by atoms with Gasteiger partial charge in [0.05, 0.1) is 32.0 Å². The zero-order chi connectivity index (χ0) is 42.4. The largest absolute Gasteiger partial charge is 0.472 e. The molecule has 0 aliphatic carbocycles. The average Bonchev–Trinajstić information content (AvgIpc) is 3.17. The van der Waals surface area contributed by atoms with E-state index in [1.54, 1.807) is 36.5 Å². The topological polar surface area (TPSA) is 189 Å². The van der Waals surface area contributed by atoms with Crippen molar-refractivity contribution in [1.29, 1.82) is 0 Å². The van der Waals surface area contributed by atoms with Gasteiger partial charge in [0, 0.05) is 12.8 Å². The van der Waals surface area contributed by atoms with Gasteiger partial charge in [0.1, 0.15) is 12.7 Å². The highest BCUT2D eigenvalue weighted by atomic mass is 31.2. The van der Waals surface area contributed by atoms with E-state index in [-0.39, 0.29) is 12.8 Å². The number of hydrogen-bond acceptors (Lipinski definition) is 11. The van der Waals surface area contributed by atoms with Crippen LogP contribution in [0.25, 0.3) is 0 Å². The number of allylic oxidation sites excluding steroid dienone is 8. The summed E-state index contributed by atoms with van der Waals surface area (Å²) in [6.45, 7) is 4.26. The molecule has 5 N–H and O–H groups in total. The molecule has 0 amide bonds. The smallest absolute Gasteiger partial charge is 0.462 e. The molecule has 0 spiro atoms. The lowest BCUT2D eigenvalue weighted by atomic mass is 10.0. The van der Waals surface area contributed by atoms with Crippen molar-refractivity contribution in [2.75, 3.05) is 26.4 Å². The van der Waals surface area contributed by atoms with Gasteiger partial charge in [-0.05, 0) is 44.4 Å². The van der Waals surface area contributed by atoms with Gasteiger partial charge >= 0.3 is 19.8 Å². The first-order valence-corrected chi connectivity index (χ1v) is 22.5. The van der Waals surface area contributed by atoms with Crippen molar-refractivity contribution in [3.63, 3.8) is 0 Å². The molecular formula is C44H75O12P. The molecule has 0 saturated heterocycles. The molecule has 0 aromatic heterocycles. The normalized spacial score (nSPS) is 15.8. The Balaban J connectivity index is 4.56. The van der Waals surface area contributed by atoms with E-state index in [2.05, 4.69) is 18.4 Å². The molecule has 328 valence electrons. The fourth-order valence-electron chi connectivity index (χ4n) is 5.20. The number of unbranched alkanes of at least 4 members (excludes halogenated alkanes) is 9. The van der Waals surface area contributed by atoms with E-state index in [1.807, 2.05) is 43.4 Å². The molecule has 0 heterocycles. The quantitative estimate of drug-likeness (QED) is 0.0132. The summed E-state index contributed by atoms with van der Waals surface area (Å²) in [6, 6.07) is 0. The summed E-state index contributed by atoms with van der Waals surface area (Å²) in [5, 5.41) is 38.2. The lowest BCUT2D eigenvalue weighted by molar-refractivity contribution is -0.161. The Morgan fingerprint density at radius 3 is 1.77 bits per heavy atom. The molecule has 0 aliphatic rings. The number of phosphoric acid groups is 1. The van der Waals surface area contributed by atoms with Crippen LogP contribution in [0.3, 0.4) is 0 Å². The van der Waals surface area contributed by atoms with Crippen LogP contribution in [0, 0.1) is 5.92 Å². The van der Waals surface area contributed by atoms with E-state index in [0.29, 0.717) is 32.1 Å². The molecular weight excluding hydrogens is 751 g/mol. The zero-order valence-corrected chi connectivity index (χ0v) is 35.8. The van der Waals surface area contributed by atoms with Gasteiger partial charge in [-0.1, -0.05) is 158 Å². The number of ether oxygens (including phenoxy) is 2. The number of esters is 2. The van der Waals surface area contributed by atoms with Crippen LogP contribution in [0.2, 0.25) is 0 Å². The number of hydrogen-bond donors (Lipinski definition) is 5. The number of aliphatic hydroxyl groups is 4. The maximum Gasteiger partial charge on any atom is 0.472 e. The van der Waals surface area contributed by atoms with Crippen LogP contribution in [0.1, 0.15) is 136 Å². The Kier molecular flexibility index (Phi) is 35.8. The van der Waals surface area contributed by atoms with E-state index >= 15 is 0 Å². The van der Waals surface area contributed by atoms with Crippen LogP contribution in [0.4, 0.5) is 0 Å². The Labute approximate surface area is 343 Å². The predicted octanol–water partition coefficient (Wildman–Crippen LogP) is 8.68. The van der Waals surface area contributed by atoms with Gasteiger partial charge in [0.25, 0.3) is 0 Å². The van der Waals surface area contributed by atoms with E-state index in [4.69, 9.17) is 19.1 Å². The second-order valence-electron chi connectivity index (χ2n) is 14.5. The van der Waals surface area contributed by atoms with E-state index < -0.39 is 70.6 Å². The molecule has 13 heteroatoms. The summed E-state index contributed by atoms with van der Waals surface area (Å²) in [6.07, 6.45) is 33.9. The van der Waals surface area contributed by atoms with Gasteiger partial charge in [-0.3, -0.25) is 18.6 Å². The maximum absolute atomic E-state index is 12.6. The van der Waals surface area contributed by atoms with Crippen molar-refractivity contribution in [3.8, 4) is 0 Å². The molecule has 1 unspecified atom stereocenters. The number of aliphatic hydroxyl groups excluding tert-OH is 4. The molecule has 0 bridgehead atoms. The minimum absolute atomic E-state index is 0.0571. The highest BCUT2D eigenvalue weighted by Crippen LogP contribution is 2.43. The van der Waals surface area contributed by atoms with Crippen molar-refractivity contribution >= 4 is 19.8 Å². The molecule has 5 atom stereocenters. The molecule has 0 aromatic carbocycles. The fourth-order valence-corrected chi connectivity index (χ4v) is 5.99. The minimum Gasteiger partial charge on any atom is -0.462 e. The van der Waals surface area contributed by atoms with Crippen LogP contribution in [-0.4, -0.2) is 88.1 Å². The summed E-state index contributed by atoms with van der Waals surface area (Å²) in [4.78, 5) is 34.9. The monoisotopic (exact) mass is 826 g/mol. The third-order valence-corrected chi connectivity index (χ3v) is 9.43. The predicted molar refractivity (Wildman–Crippen MR) is 226 cm³/mol. The van der Waals surface area contributed by atoms with Gasteiger partial charge in [-0.2, -0.15) is 0 Å². The van der Waals surface area contributed by atoms with E-state index in [1.165, 1.54) is 44.9 Å². The third-order valence-electron chi connectivity index (χ3n) is 8.48. The average molecular weight is 827 g/mol. The molecule has 0 radical (unpaired) electrons. The molecule has 12 nitrogen and oxygen atoms in total. The number of carbonyl (C=O) groups excluding carboxylic acids is 2. The standard InChI is InChI=1S/C44H75O12P/c1-4-5-20-28-39(46)30-23-18-19-24-31-40(47)29-22-15-12-13-16-25-32-43(49)53-36-42(37-55-57(51,52)54-35-41(48)34-45)56-44(50)33-26-17-11-9-7-6-8-10-14-21-27-38(2)3/h5,13,15-16,18-20,22-24,30-31,38-42,45-48H,4,6-12,14,17,21,25-29,32-37H2,1-3H3,(H,51,52)/b16-13-,19-18-,20-5-,22-15-,30-23+,31-24+/t39-,40+,41+,42-/m1/s1. The lowest BCUT2D eigenvalue weighted by Gasteiger charge is -2.20. The van der Waals surface area contributed by atoms with Gasteiger partial charge in [0.15, 0.2) is 6.10 Å². The van der Waals surface area contributed by atoms with Crippen molar-refractivity contribution in [3.05, 3.63) is 72.9 Å². The second-order valence-corrected chi connectivity index (χ2v) is 16.0. The number of phosphoric ester groups is 1. The van der Waals surface area contributed by atoms with Crippen LogP contribution >= 0.6 is 7.82 Å². The molecule has 0 rings (SSSR count). The first-order chi connectivity index (χ1) is 27.4. The van der Waals surface area contributed by atoms with Gasteiger partial charge in [-0.15, -0.1) is 0 Å². The SMILES string of the molecule is CC/C=C\C[C@@H](O)/C=C/C=C\C=C\[C@@H](O)C/C=C\C/C=C\CCC(=O)OC[C@H](COP(=O)(O)OC[C@@H](O)CO)OC(=O)CCCCCCCCCCCCC(C)C. The summed E-state index contributed by atoms with van der Waals surface area (Å²) < 4.78 is 32.5. The molecule has 0 fully saturated rings. The van der Waals surface area contributed by atoms with Crippen molar-refractivity contribution in [2.24, 2.45) is 5.92 Å². The Hall–Kier alpha value is -2.67. The first kappa shape index (κ1) is 54.3. The second kappa shape index (κ2) is 37.6. The summed E-state index contributed by atoms with van der Waals surface area (Å²) in [5.74, 6) is -0.328. The number of carbonyl (C=O) groups is 2. The molecule has 0 saturated carbocycles. The van der Waals surface area contributed by atoms with Crippen molar-refractivity contribution in [2.45, 2.75) is 161 Å². The summed E-state index contributed by atoms with van der Waals surface area (Å²) in [7, 11) is -4.66. The summed E-state index contributed by atoms with van der Waals surface area (Å²) in [5.41, 5.74) is 0. The fraction of sp³-hybridized carbons (Fsp3) is 0.682. The van der Waals surface area contributed by atoms with Crippen LogP contribution < -0.4 is 0 Å². The Morgan fingerprint density at radius 2 is 1.19 bits per heavy atom. The number of rotatable bonds is 37. The van der Waals surface area contributed by atoms with Crippen LogP contribution in [0.15, 0.2) is 72.9 Å². The van der Waals surface area contributed by atoms with Crippen LogP contribution in [0.5, 0.6) is 0 Å². The van der Waals surface area contributed by atoms with Gasteiger partial charge < -0.3 is 34.8 Å². The van der Waals surface area contributed by atoms with Crippen molar-refractivity contribution in [1.82, 2.24) is 0 Å². The molecule has 57 heavy (non-hydrogen) atoms. The van der Waals surface area contributed by atoms with Crippen LogP contribution in [-0.2, 0) is 32.7 Å². The van der Waals surface area contributed by atoms with E-state index in [9.17, 15) is 34.4 Å². The van der Waals surface area contributed by atoms with E-state index in [0.717, 1.165) is 31.6 Å². The van der Waals surface area contributed by atoms with Crippen molar-refractivity contribution < 1.29 is 58.0 Å². The maximum atomic E-state index is 12.6. The highest BCUT2D eigenvalue weighted by molar-refractivity contribution is 7.47. The minimum atomic E-state index is -4.66.